The lowest BCUT2D eigenvalue weighted by molar-refractivity contribution is 0.0519. The number of nitrogen functional groups attached to an aromatic ring is 1. The fourth-order valence-corrected chi connectivity index (χ4v) is 1.81. The van der Waals surface area contributed by atoms with Gasteiger partial charge in [-0.1, -0.05) is 28.1 Å². The highest BCUT2D eigenvalue weighted by atomic mass is 79.9. The van der Waals surface area contributed by atoms with Crippen LogP contribution < -0.4 is 5.73 Å². The molecule has 0 aliphatic rings. The summed E-state index contributed by atoms with van der Waals surface area (Å²) in [6, 6.07) is 9.09. The molecule has 0 bridgehead atoms. The van der Waals surface area contributed by atoms with Crippen LogP contribution in [0.3, 0.4) is 0 Å². The minimum Gasteiger partial charge on any atom is -0.461 e. The van der Waals surface area contributed by atoms with Gasteiger partial charge in [0.2, 0.25) is 5.95 Å². The first kappa shape index (κ1) is 13.5. The van der Waals surface area contributed by atoms with Crippen molar-refractivity contribution in [3.63, 3.8) is 0 Å². The number of halogens is 1. The van der Waals surface area contributed by atoms with Gasteiger partial charge in [0.25, 0.3) is 0 Å². The third kappa shape index (κ3) is 3.29. The van der Waals surface area contributed by atoms with Crippen LogP contribution in [0.25, 0.3) is 11.3 Å². The van der Waals surface area contributed by atoms with Gasteiger partial charge in [-0.05, 0) is 25.1 Å². The molecule has 98 valence electrons. The molecule has 0 saturated heterocycles. The quantitative estimate of drug-likeness (QED) is 0.879. The fourth-order valence-electron chi connectivity index (χ4n) is 1.54. The fraction of sp³-hybridized carbons (Fsp3) is 0.154. The molecule has 2 aromatic rings. The van der Waals surface area contributed by atoms with Crippen molar-refractivity contribution in [1.29, 1.82) is 0 Å². The zero-order valence-electron chi connectivity index (χ0n) is 10.3. The van der Waals surface area contributed by atoms with Gasteiger partial charge in [-0.15, -0.1) is 0 Å². The minimum absolute atomic E-state index is 0.0449. The molecule has 0 spiro atoms. The molecule has 0 radical (unpaired) electrons. The molecule has 2 N–H and O–H groups in total. The van der Waals surface area contributed by atoms with Crippen molar-refractivity contribution >= 4 is 27.8 Å². The first-order valence-electron chi connectivity index (χ1n) is 5.67. The normalized spacial score (nSPS) is 10.2. The third-order valence-corrected chi connectivity index (χ3v) is 2.90. The van der Waals surface area contributed by atoms with E-state index in [0.29, 0.717) is 5.69 Å². The first-order valence-corrected chi connectivity index (χ1v) is 6.47. The van der Waals surface area contributed by atoms with E-state index in [9.17, 15) is 4.79 Å². The topological polar surface area (TPSA) is 78.1 Å². The lowest BCUT2D eigenvalue weighted by atomic mass is 10.1. The standard InChI is InChI=1S/C13H12BrN3O2/c1-2-19-12(18)11-7-10(16-13(15)17-11)8-3-5-9(14)6-4-8/h3-7H,2H2,1H3,(H2,15,16,17). The smallest absolute Gasteiger partial charge is 0.357 e. The lowest BCUT2D eigenvalue weighted by Gasteiger charge is -2.05. The molecule has 0 unspecified atom stereocenters. The first-order chi connectivity index (χ1) is 9.10. The number of benzene rings is 1. The molecule has 0 saturated carbocycles. The monoisotopic (exact) mass is 321 g/mol. The Hall–Kier alpha value is -1.95. The molecule has 1 aromatic heterocycles. The molecule has 0 aliphatic heterocycles. The van der Waals surface area contributed by atoms with Gasteiger partial charge in [0, 0.05) is 10.0 Å². The van der Waals surface area contributed by atoms with Gasteiger partial charge in [-0.3, -0.25) is 0 Å². The van der Waals surface area contributed by atoms with Crippen molar-refractivity contribution in [3.05, 3.63) is 40.5 Å². The van der Waals surface area contributed by atoms with Crippen LogP contribution in [0.1, 0.15) is 17.4 Å². The number of hydrogen-bond acceptors (Lipinski definition) is 5. The Labute approximate surface area is 119 Å². The highest BCUT2D eigenvalue weighted by Gasteiger charge is 2.12. The van der Waals surface area contributed by atoms with Gasteiger partial charge in [0.05, 0.1) is 12.3 Å². The molecule has 0 amide bonds. The summed E-state index contributed by atoms with van der Waals surface area (Å²) in [5.41, 5.74) is 7.22. The number of ether oxygens (including phenoxy) is 1. The SMILES string of the molecule is CCOC(=O)c1cc(-c2ccc(Br)cc2)nc(N)n1. The maximum Gasteiger partial charge on any atom is 0.357 e. The van der Waals surface area contributed by atoms with Crippen LogP contribution in [-0.4, -0.2) is 22.5 Å². The summed E-state index contributed by atoms with van der Waals surface area (Å²) in [5.74, 6) is -0.460. The Kier molecular flexibility index (Phi) is 4.11. The second kappa shape index (κ2) is 5.79. The highest BCUT2D eigenvalue weighted by molar-refractivity contribution is 9.10. The number of rotatable bonds is 3. The molecule has 19 heavy (non-hydrogen) atoms. The van der Waals surface area contributed by atoms with Gasteiger partial charge in [0.1, 0.15) is 0 Å². The number of nitrogens with zero attached hydrogens (tertiary/aromatic N) is 2. The van der Waals surface area contributed by atoms with Gasteiger partial charge >= 0.3 is 5.97 Å². The van der Waals surface area contributed by atoms with Crippen molar-refractivity contribution in [2.75, 3.05) is 12.3 Å². The van der Waals surface area contributed by atoms with E-state index in [-0.39, 0.29) is 18.2 Å². The van der Waals surface area contributed by atoms with E-state index in [4.69, 9.17) is 10.5 Å². The summed E-state index contributed by atoms with van der Waals surface area (Å²) in [4.78, 5) is 19.7. The van der Waals surface area contributed by atoms with E-state index in [2.05, 4.69) is 25.9 Å². The van der Waals surface area contributed by atoms with Crippen LogP contribution in [-0.2, 0) is 4.74 Å². The van der Waals surface area contributed by atoms with Crippen LogP contribution in [0.5, 0.6) is 0 Å². The maximum absolute atomic E-state index is 11.7. The predicted octanol–water partition coefficient (Wildman–Crippen LogP) is 2.67. The van der Waals surface area contributed by atoms with Crippen LogP contribution in [0.15, 0.2) is 34.8 Å². The van der Waals surface area contributed by atoms with Crippen LogP contribution in [0, 0.1) is 0 Å². The molecule has 6 heteroatoms. The summed E-state index contributed by atoms with van der Waals surface area (Å²) >= 11 is 3.36. The summed E-state index contributed by atoms with van der Waals surface area (Å²) < 4.78 is 5.86. The van der Waals surface area contributed by atoms with Crippen LogP contribution >= 0.6 is 15.9 Å². The average molecular weight is 322 g/mol. The molecular formula is C13H12BrN3O2. The molecule has 0 fully saturated rings. The maximum atomic E-state index is 11.7. The van der Waals surface area contributed by atoms with Crippen molar-refractivity contribution in [1.82, 2.24) is 9.97 Å². The summed E-state index contributed by atoms with van der Waals surface area (Å²) in [6.07, 6.45) is 0. The van der Waals surface area contributed by atoms with E-state index >= 15 is 0 Å². The van der Waals surface area contributed by atoms with E-state index in [0.717, 1.165) is 10.0 Å². The number of nitrogens with two attached hydrogens (primary N) is 1. The predicted molar refractivity (Wildman–Crippen MR) is 75.5 cm³/mol. The molecule has 1 heterocycles. The van der Waals surface area contributed by atoms with Gasteiger partial charge in [-0.25, -0.2) is 14.8 Å². The minimum atomic E-state index is -0.505. The molecule has 2 rings (SSSR count). The molecule has 0 aliphatic carbocycles. The number of esters is 1. The number of aromatic nitrogens is 2. The third-order valence-electron chi connectivity index (χ3n) is 2.37. The van der Waals surface area contributed by atoms with E-state index in [1.165, 1.54) is 0 Å². The van der Waals surface area contributed by atoms with E-state index < -0.39 is 5.97 Å². The number of carbonyl (C=O) groups is 1. The Morgan fingerprint density at radius 1 is 1.32 bits per heavy atom. The molecule has 5 nitrogen and oxygen atoms in total. The molecular weight excluding hydrogens is 310 g/mol. The van der Waals surface area contributed by atoms with Crippen LogP contribution in [0.4, 0.5) is 5.95 Å². The van der Waals surface area contributed by atoms with Crippen LogP contribution in [0.2, 0.25) is 0 Å². The second-order valence-corrected chi connectivity index (χ2v) is 4.64. The highest BCUT2D eigenvalue weighted by Crippen LogP contribution is 2.21. The Morgan fingerprint density at radius 3 is 2.63 bits per heavy atom. The largest absolute Gasteiger partial charge is 0.461 e. The summed E-state index contributed by atoms with van der Waals surface area (Å²) in [7, 11) is 0. The van der Waals surface area contributed by atoms with E-state index in [1.807, 2.05) is 24.3 Å². The van der Waals surface area contributed by atoms with Gasteiger partial charge < -0.3 is 10.5 Å². The summed E-state index contributed by atoms with van der Waals surface area (Å²) in [6.45, 7) is 2.02. The zero-order valence-corrected chi connectivity index (χ0v) is 11.8. The van der Waals surface area contributed by atoms with Crippen molar-refractivity contribution in [3.8, 4) is 11.3 Å². The molecule has 1 aromatic carbocycles. The lowest BCUT2D eigenvalue weighted by Crippen LogP contribution is -2.10. The van der Waals surface area contributed by atoms with Crippen molar-refractivity contribution < 1.29 is 9.53 Å². The van der Waals surface area contributed by atoms with Gasteiger partial charge in [0.15, 0.2) is 5.69 Å². The second-order valence-electron chi connectivity index (χ2n) is 3.72. The Bertz CT molecular complexity index is 599. The Morgan fingerprint density at radius 2 is 2.00 bits per heavy atom. The summed E-state index contributed by atoms with van der Waals surface area (Å²) in [5, 5.41) is 0. The van der Waals surface area contributed by atoms with E-state index in [1.54, 1.807) is 13.0 Å². The average Bonchev–Trinajstić information content (AvgIpc) is 2.39. The van der Waals surface area contributed by atoms with Crippen molar-refractivity contribution in [2.45, 2.75) is 6.92 Å². The number of hydrogen-bond donors (Lipinski definition) is 1. The molecule has 0 atom stereocenters. The van der Waals surface area contributed by atoms with Crippen molar-refractivity contribution in [2.24, 2.45) is 0 Å². The number of anilines is 1. The zero-order chi connectivity index (χ0) is 13.8. The number of carbonyl (C=O) groups excluding carboxylic acids is 1. The Balaban J connectivity index is 2.41. The van der Waals surface area contributed by atoms with Gasteiger partial charge in [-0.2, -0.15) is 0 Å².